The molecule has 3 aromatic rings. The molecule has 0 amide bonds. The number of aromatic amines is 1. The average molecular weight is 420 g/mol. The third-order valence-electron chi connectivity index (χ3n) is 4.45. The van der Waals surface area contributed by atoms with Crippen LogP contribution in [-0.2, 0) is 4.74 Å². The van der Waals surface area contributed by atoms with Crippen LogP contribution in [0.2, 0.25) is 0 Å². The number of hydrogen-bond acceptors (Lipinski definition) is 10. The number of imidazole rings is 1. The van der Waals surface area contributed by atoms with Crippen LogP contribution in [-0.4, -0.2) is 53.5 Å². The topological polar surface area (TPSA) is 168 Å². The summed E-state index contributed by atoms with van der Waals surface area (Å²) in [6, 6.07) is 6.16. The molecule has 2 aromatic heterocycles. The molecule has 12 nitrogen and oxygen atoms in total. The molecule has 4 rings (SSSR count). The Hall–Kier alpha value is -3.00. The summed E-state index contributed by atoms with van der Waals surface area (Å²) in [5.74, 6) is 0.0738. The van der Waals surface area contributed by atoms with Crippen molar-refractivity contribution in [1.82, 2.24) is 19.5 Å². The molecule has 0 spiro atoms. The molecule has 1 saturated heterocycles. The van der Waals surface area contributed by atoms with Gasteiger partial charge in [0.05, 0.1) is 24.0 Å². The quantitative estimate of drug-likeness (QED) is 0.254. The van der Waals surface area contributed by atoms with E-state index in [4.69, 9.17) is 4.74 Å². The molecule has 0 saturated carbocycles. The molecule has 4 N–H and O–H groups in total. The monoisotopic (exact) mass is 420 g/mol. The highest BCUT2D eigenvalue weighted by Crippen LogP contribution is 2.31. The van der Waals surface area contributed by atoms with Gasteiger partial charge in [-0.2, -0.15) is 4.98 Å². The van der Waals surface area contributed by atoms with Gasteiger partial charge in [0.15, 0.2) is 11.2 Å². The number of aliphatic hydroxyl groups excluding tert-OH is 2. The third-order valence-corrected chi connectivity index (χ3v) is 5.31. The fourth-order valence-corrected chi connectivity index (χ4v) is 3.73. The first-order valence-electron chi connectivity index (χ1n) is 8.55. The zero-order chi connectivity index (χ0) is 20.5. The van der Waals surface area contributed by atoms with E-state index < -0.39 is 28.9 Å². The summed E-state index contributed by atoms with van der Waals surface area (Å²) in [6.07, 6.45) is -0.637. The summed E-state index contributed by atoms with van der Waals surface area (Å²) in [7, 11) is 0. The van der Waals surface area contributed by atoms with Crippen molar-refractivity contribution in [3.63, 3.8) is 0 Å². The molecule has 13 heteroatoms. The fraction of sp³-hybridized carbons (Fsp3) is 0.312. The fourth-order valence-electron chi connectivity index (χ4n) is 3.03. The number of nitrogens with zero attached hydrogens (tertiary/aromatic N) is 4. The number of aliphatic hydroxyl groups is 2. The predicted octanol–water partition coefficient (Wildman–Crippen LogP) is 0.788. The van der Waals surface area contributed by atoms with Gasteiger partial charge in [0.25, 0.3) is 11.2 Å². The number of nitro benzene ring substituents is 1. The molecule has 0 bridgehead atoms. The molecule has 3 atom stereocenters. The number of H-pyrrole nitrogens is 1. The Morgan fingerprint density at radius 1 is 1.45 bits per heavy atom. The number of rotatable bonds is 6. The van der Waals surface area contributed by atoms with E-state index in [2.05, 4.69) is 19.7 Å². The lowest BCUT2D eigenvalue weighted by Crippen LogP contribution is -2.24. The zero-order valence-corrected chi connectivity index (χ0v) is 15.6. The average Bonchev–Trinajstić information content (AvgIpc) is 3.29. The van der Waals surface area contributed by atoms with Crippen molar-refractivity contribution >= 4 is 34.7 Å². The first kappa shape index (κ1) is 19.3. The normalized spacial score (nSPS) is 21.5. The minimum atomic E-state index is -0.851. The highest BCUT2D eigenvalue weighted by Gasteiger charge is 2.35. The Kier molecular flexibility index (Phi) is 5.19. The Bertz CT molecular complexity index is 1120. The number of nitro groups is 1. The highest BCUT2D eigenvalue weighted by atomic mass is 32.2. The van der Waals surface area contributed by atoms with Crippen LogP contribution in [0.5, 0.6) is 0 Å². The van der Waals surface area contributed by atoms with Crippen LogP contribution in [0.4, 0.5) is 11.6 Å². The van der Waals surface area contributed by atoms with Crippen molar-refractivity contribution in [3.05, 3.63) is 51.1 Å². The van der Waals surface area contributed by atoms with Crippen molar-refractivity contribution in [2.75, 3.05) is 11.3 Å². The molecule has 0 radical (unpaired) electrons. The summed E-state index contributed by atoms with van der Waals surface area (Å²) >= 11 is 0.933. The van der Waals surface area contributed by atoms with Gasteiger partial charge in [0, 0.05) is 12.5 Å². The Morgan fingerprint density at radius 2 is 2.24 bits per heavy atom. The maximum atomic E-state index is 12.3. The number of ether oxygens (including phenoxy) is 1. The molecular weight excluding hydrogens is 404 g/mol. The molecule has 152 valence electrons. The second kappa shape index (κ2) is 7.79. The standard InChI is InChI=1S/C16H16N6O6S/c23-6-10-9(24)5-12(28-10)21-7-17-13-14(21)18-16(19-15(13)25)20-29-11-4-2-1-3-8(11)22(26)27/h1-4,7,9-10,12,23-24H,5-6H2,(H2,18,19,20,25)/t9-,10+,12+/m0/s1. The SMILES string of the molecule is O=c1[nH]c(NSc2ccccc2[N+](=O)[O-])nc2c1ncn2[C@H]1C[C@H](O)[C@@H](CO)O1. The van der Waals surface area contributed by atoms with Crippen LogP contribution < -0.4 is 10.3 Å². The van der Waals surface area contributed by atoms with Crippen molar-refractivity contribution in [1.29, 1.82) is 0 Å². The lowest BCUT2D eigenvalue weighted by atomic mass is 10.2. The summed E-state index contributed by atoms with van der Waals surface area (Å²) in [6.45, 7) is -0.336. The summed E-state index contributed by atoms with van der Waals surface area (Å²) in [5, 5.41) is 30.3. The highest BCUT2D eigenvalue weighted by molar-refractivity contribution is 8.00. The van der Waals surface area contributed by atoms with Crippen molar-refractivity contribution in [2.24, 2.45) is 0 Å². The van der Waals surface area contributed by atoms with Crippen molar-refractivity contribution in [3.8, 4) is 0 Å². The van der Waals surface area contributed by atoms with Crippen molar-refractivity contribution < 1.29 is 19.9 Å². The van der Waals surface area contributed by atoms with E-state index in [0.29, 0.717) is 4.90 Å². The van der Waals surface area contributed by atoms with Crippen LogP contribution in [0.15, 0.2) is 40.3 Å². The molecule has 1 aromatic carbocycles. The minimum Gasteiger partial charge on any atom is -0.394 e. The van der Waals surface area contributed by atoms with Gasteiger partial charge < -0.3 is 14.9 Å². The molecule has 29 heavy (non-hydrogen) atoms. The molecule has 3 heterocycles. The van der Waals surface area contributed by atoms with Crippen molar-refractivity contribution in [2.45, 2.75) is 29.8 Å². The first-order valence-corrected chi connectivity index (χ1v) is 9.37. The van der Waals surface area contributed by atoms with Crippen LogP contribution >= 0.6 is 11.9 Å². The second-order valence-electron chi connectivity index (χ2n) is 6.28. The Labute approximate surface area is 166 Å². The van der Waals surface area contributed by atoms with Crippen LogP contribution in [0.1, 0.15) is 12.6 Å². The van der Waals surface area contributed by atoms with Crippen LogP contribution in [0.25, 0.3) is 11.2 Å². The molecule has 0 unspecified atom stereocenters. The summed E-state index contributed by atoms with van der Waals surface area (Å²) in [4.78, 5) is 34.2. The van der Waals surface area contributed by atoms with E-state index in [9.17, 15) is 25.1 Å². The predicted molar refractivity (Wildman–Crippen MR) is 102 cm³/mol. The van der Waals surface area contributed by atoms with Gasteiger partial charge in [-0.1, -0.05) is 12.1 Å². The van der Waals surface area contributed by atoms with E-state index in [1.165, 1.54) is 17.0 Å². The maximum Gasteiger partial charge on any atom is 0.284 e. The van der Waals surface area contributed by atoms with E-state index >= 15 is 0 Å². The molecule has 1 aliphatic rings. The van der Waals surface area contributed by atoms with Gasteiger partial charge in [-0.25, -0.2) is 4.98 Å². The number of hydrogen-bond donors (Lipinski definition) is 4. The van der Waals surface area contributed by atoms with Gasteiger partial charge in [-0.15, -0.1) is 0 Å². The summed E-state index contributed by atoms with van der Waals surface area (Å²) in [5.41, 5.74) is -0.287. The number of benzene rings is 1. The van der Waals surface area contributed by atoms with E-state index in [1.54, 1.807) is 18.2 Å². The van der Waals surface area contributed by atoms with Gasteiger partial charge in [0.1, 0.15) is 17.2 Å². The molecule has 0 aliphatic carbocycles. The Balaban J connectivity index is 1.62. The van der Waals surface area contributed by atoms with E-state index in [0.717, 1.165) is 11.9 Å². The largest absolute Gasteiger partial charge is 0.394 e. The number of aromatic nitrogens is 4. The van der Waals surface area contributed by atoms with Crippen LogP contribution in [0, 0.1) is 10.1 Å². The minimum absolute atomic E-state index is 0.0738. The Morgan fingerprint density at radius 3 is 2.97 bits per heavy atom. The molecule has 1 aliphatic heterocycles. The van der Waals surface area contributed by atoms with E-state index in [1.807, 2.05) is 0 Å². The number of fused-ring (bicyclic) bond motifs is 1. The number of anilines is 1. The van der Waals surface area contributed by atoms with Gasteiger partial charge in [0.2, 0.25) is 5.95 Å². The van der Waals surface area contributed by atoms with Gasteiger partial charge >= 0.3 is 0 Å². The molecular formula is C16H16N6O6S. The molecule has 1 fully saturated rings. The van der Waals surface area contributed by atoms with Crippen LogP contribution in [0.3, 0.4) is 0 Å². The lowest BCUT2D eigenvalue weighted by molar-refractivity contribution is -0.387. The van der Waals surface area contributed by atoms with Gasteiger partial charge in [-0.05, 0) is 18.0 Å². The first-order chi connectivity index (χ1) is 14.0. The second-order valence-corrected chi connectivity index (χ2v) is 7.13. The van der Waals surface area contributed by atoms with Gasteiger partial charge in [-0.3, -0.25) is 29.2 Å². The maximum absolute atomic E-state index is 12.3. The number of nitrogens with one attached hydrogen (secondary N) is 2. The van der Waals surface area contributed by atoms with E-state index in [-0.39, 0.29) is 35.8 Å². The number of para-hydroxylation sites is 1. The summed E-state index contributed by atoms with van der Waals surface area (Å²) < 4.78 is 9.90. The lowest BCUT2D eigenvalue weighted by Gasteiger charge is -2.13. The zero-order valence-electron chi connectivity index (χ0n) is 14.8. The third kappa shape index (κ3) is 3.67. The smallest absolute Gasteiger partial charge is 0.284 e.